The van der Waals surface area contributed by atoms with Crippen LogP contribution in [0.15, 0.2) is 30.3 Å². The van der Waals surface area contributed by atoms with Gasteiger partial charge in [-0.15, -0.1) is 0 Å². The number of aryl methyl sites for hydroxylation is 1. The zero-order chi connectivity index (χ0) is 21.0. The first-order valence-corrected chi connectivity index (χ1v) is 9.07. The molecule has 8 heteroatoms. The lowest BCUT2D eigenvalue weighted by molar-refractivity contribution is -0.123. The van der Waals surface area contributed by atoms with E-state index in [9.17, 15) is 9.59 Å². The van der Waals surface area contributed by atoms with Crippen molar-refractivity contribution in [3.05, 3.63) is 41.5 Å². The van der Waals surface area contributed by atoms with E-state index in [-0.39, 0.29) is 5.56 Å². The average Bonchev–Trinajstić information content (AvgIpc) is 2.72. The van der Waals surface area contributed by atoms with Gasteiger partial charge in [0.1, 0.15) is 19.0 Å². The van der Waals surface area contributed by atoms with E-state index in [0.29, 0.717) is 41.9 Å². The molecule has 0 aliphatic carbocycles. The summed E-state index contributed by atoms with van der Waals surface area (Å²) in [4.78, 5) is 25.1. The minimum Gasteiger partial charge on any atom is -0.495 e. The zero-order valence-corrected chi connectivity index (χ0v) is 16.7. The van der Waals surface area contributed by atoms with Gasteiger partial charge in [-0.25, -0.2) is 4.79 Å². The molecule has 154 valence electrons. The molecule has 1 aliphatic heterocycles. The molecule has 29 heavy (non-hydrogen) atoms. The van der Waals surface area contributed by atoms with Crippen molar-refractivity contribution in [1.82, 2.24) is 0 Å². The normalized spacial score (nSPS) is 13.2. The predicted octanol–water partition coefficient (Wildman–Crippen LogP) is 2.97. The second-order valence-corrected chi connectivity index (χ2v) is 6.44. The monoisotopic (exact) mass is 401 g/mol. The van der Waals surface area contributed by atoms with Gasteiger partial charge in [-0.3, -0.25) is 4.79 Å². The number of hydrogen-bond acceptors (Lipinski definition) is 7. The molecule has 8 nitrogen and oxygen atoms in total. The number of carbonyl (C=O) groups excluding carboxylic acids is 2. The van der Waals surface area contributed by atoms with E-state index in [1.54, 1.807) is 12.1 Å². The summed E-state index contributed by atoms with van der Waals surface area (Å²) >= 11 is 0. The average molecular weight is 401 g/mol. The maximum Gasteiger partial charge on any atom is 0.339 e. The summed E-state index contributed by atoms with van der Waals surface area (Å²) in [5, 5.41) is 2.72. The van der Waals surface area contributed by atoms with Crippen molar-refractivity contribution >= 4 is 17.6 Å². The first-order chi connectivity index (χ1) is 13.9. The number of benzene rings is 2. The lowest BCUT2D eigenvalue weighted by Crippen LogP contribution is -2.30. The molecule has 0 radical (unpaired) electrons. The molecule has 0 saturated carbocycles. The van der Waals surface area contributed by atoms with Crippen LogP contribution >= 0.6 is 0 Å². The van der Waals surface area contributed by atoms with Crippen LogP contribution in [0.25, 0.3) is 0 Å². The molecule has 2 aromatic rings. The van der Waals surface area contributed by atoms with E-state index >= 15 is 0 Å². The lowest BCUT2D eigenvalue weighted by atomic mass is 10.1. The first-order valence-electron chi connectivity index (χ1n) is 9.07. The Morgan fingerprint density at radius 3 is 2.48 bits per heavy atom. The maximum atomic E-state index is 12.6. The van der Waals surface area contributed by atoms with Crippen molar-refractivity contribution in [3.8, 4) is 23.0 Å². The molecule has 1 atom stereocenters. The summed E-state index contributed by atoms with van der Waals surface area (Å²) in [6.45, 7) is 4.15. The number of rotatable bonds is 6. The Morgan fingerprint density at radius 2 is 1.76 bits per heavy atom. The van der Waals surface area contributed by atoms with Crippen molar-refractivity contribution in [1.29, 1.82) is 0 Å². The number of fused-ring (bicyclic) bond motifs is 1. The number of carbonyl (C=O) groups is 2. The van der Waals surface area contributed by atoms with Gasteiger partial charge in [0, 0.05) is 0 Å². The van der Waals surface area contributed by atoms with Gasteiger partial charge < -0.3 is 29.0 Å². The number of methoxy groups -OCH3 is 2. The van der Waals surface area contributed by atoms with Crippen molar-refractivity contribution < 1.29 is 33.3 Å². The SMILES string of the molecule is COc1ccc(C)cc1NC(=O)[C@H](C)OC(=O)c1cc(OC)c2c(c1)OCCO2. The van der Waals surface area contributed by atoms with Gasteiger partial charge in [-0.2, -0.15) is 0 Å². The molecule has 2 aromatic carbocycles. The van der Waals surface area contributed by atoms with Crippen LogP contribution in [0.3, 0.4) is 0 Å². The second kappa shape index (κ2) is 8.72. The highest BCUT2D eigenvalue weighted by molar-refractivity contribution is 5.98. The quantitative estimate of drug-likeness (QED) is 0.744. The third kappa shape index (κ3) is 4.53. The first kappa shape index (κ1) is 20.3. The lowest BCUT2D eigenvalue weighted by Gasteiger charge is -2.21. The molecule has 0 aromatic heterocycles. The van der Waals surface area contributed by atoms with Crippen LogP contribution in [0, 0.1) is 6.92 Å². The predicted molar refractivity (Wildman–Crippen MR) is 105 cm³/mol. The second-order valence-electron chi connectivity index (χ2n) is 6.44. The van der Waals surface area contributed by atoms with Gasteiger partial charge in [0.05, 0.1) is 25.5 Å². The summed E-state index contributed by atoms with van der Waals surface area (Å²) in [6.07, 6.45) is -1.04. The Labute approximate surface area is 168 Å². The van der Waals surface area contributed by atoms with Crippen LogP contribution in [0.1, 0.15) is 22.8 Å². The Morgan fingerprint density at radius 1 is 1.03 bits per heavy atom. The Hall–Kier alpha value is -3.42. The van der Waals surface area contributed by atoms with E-state index in [1.807, 2.05) is 13.0 Å². The number of amides is 1. The topological polar surface area (TPSA) is 92.3 Å². The standard InChI is InChI=1S/C21H23NO7/c1-12-5-6-16(25-3)15(9-12)22-20(23)13(2)29-21(24)14-10-17(26-4)19-18(11-14)27-7-8-28-19/h5-6,9-11,13H,7-8H2,1-4H3,(H,22,23)/t13-/m0/s1. The van der Waals surface area contributed by atoms with E-state index in [4.69, 9.17) is 23.7 Å². The Balaban J connectivity index is 1.72. The smallest absolute Gasteiger partial charge is 0.339 e. The highest BCUT2D eigenvalue weighted by Gasteiger charge is 2.24. The molecule has 0 spiro atoms. The summed E-state index contributed by atoms with van der Waals surface area (Å²) in [7, 11) is 2.98. The maximum absolute atomic E-state index is 12.6. The largest absolute Gasteiger partial charge is 0.495 e. The van der Waals surface area contributed by atoms with E-state index < -0.39 is 18.0 Å². The van der Waals surface area contributed by atoms with E-state index in [0.717, 1.165) is 5.56 Å². The molecule has 1 N–H and O–H groups in total. The van der Waals surface area contributed by atoms with Crippen molar-refractivity contribution in [2.24, 2.45) is 0 Å². The highest BCUT2D eigenvalue weighted by Crippen LogP contribution is 2.40. The fourth-order valence-electron chi connectivity index (χ4n) is 2.83. The van der Waals surface area contributed by atoms with Gasteiger partial charge in [-0.1, -0.05) is 6.07 Å². The minimum absolute atomic E-state index is 0.193. The third-order valence-electron chi connectivity index (χ3n) is 4.33. The molecular weight excluding hydrogens is 378 g/mol. The zero-order valence-electron chi connectivity index (χ0n) is 16.7. The fourth-order valence-corrected chi connectivity index (χ4v) is 2.83. The highest BCUT2D eigenvalue weighted by atomic mass is 16.6. The summed E-state index contributed by atoms with van der Waals surface area (Å²) in [6, 6.07) is 8.39. The number of esters is 1. The molecule has 0 unspecified atom stereocenters. The van der Waals surface area contributed by atoms with Gasteiger partial charge in [0.25, 0.3) is 5.91 Å². The Bertz CT molecular complexity index is 908. The van der Waals surface area contributed by atoms with Gasteiger partial charge >= 0.3 is 5.97 Å². The molecule has 0 bridgehead atoms. The Kier molecular flexibility index (Phi) is 6.11. The van der Waals surface area contributed by atoms with Crippen LogP contribution in [0.4, 0.5) is 5.69 Å². The van der Waals surface area contributed by atoms with Gasteiger partial charge in [-0.05, 0) is 43.7 Å². The van der Waals surface area contributed by atoms with Crippen LogP contribution in [-0.2, 0) is 9.53 Å². The van der Waals surface area contributed by atoms with Crippen molar-refractivity contribution in [2.45, 2.75) is 20.0 Å². The van der Waals surface area contributed by atoms with Crippen LogP contribution in [0.5, 0.6) is 23.0 Å². The van der Waals surface area contributed by atoms with Gasteiger partial charge in [0.2, 0.25) is 5.75 Å². The molecule has 0 fully saturated rings. The minimum atomic E-state index is -1.04. The molecule has 3 rings (SSSR count). The third-order valence-corrected chi connectivity index (χ3v) is 4.33. The molecule has 0 saturated heterocycles. The molecule has 1 amide bonds. The van der Waals surface area contributed by atoms with Crippen LogP contribution in [-0.4, -0.2) is 45.4 Å². The van der Waals surface area contributed by atoms with Crippen LogP contribution in [0.2, 0.25) is 0 Å². The summed E-state index contributed by atoms with van der Waals surface area (Å²) in [5.41, 5.74) is 1.65. The number of anilines is 1. The molecular formula is C21H23NO7. The van der Waals surface area contributed by atoms with Gasteiger partial charge in [0.15, 0.2) is 17.6 Å². The number of nitrogens with one attached hydrogen (secondary N) is 1. The van der Waals surface area contributed by atoms with E-state index in [1.165, 1.54) is 33.3 Å². The van der Waals surface area contributed by atoms with Crippen molar-refractivity contribution in [3.63, 3.8) is 0 Å². The number of hydrogen-bond donors (Lipinski definition) is 1. The fraction of sp³-hybridized carbons (Fsp3) is 0.333. The van der Waals surface area contributed by atoms with Crippen molar-refractivity contribution in [2.75, 3.05) is 32.8 Å². The molecule has 1 aliphatic rings. The molecule has 1 heterocycles. The van der Waals surface area contributed by atoms with E-state index in [2.05, 4.69) is 5.32 Å². The number of ether oxygens (including phenoxy) is 5. The summed E-state index contributed by atoms with van der Waals surface area (Å²) < 4.78 is 26.9. The summed E-state index contributed by atoms with van der Waals surface area (Å²) in [5.74, 6) is 0.539. The van der Waals surface area contributed by atoms with Crippen LogP contribution < -0.4 is 24.3 Å².